The first-order valence-electron chi connectivity index (χ1n) is 12.4. The summed E-state index contributed by atoms with van der Waals surface area (Å²) in [6, 6.07) is 13.3. The molecule has 3 heterocycles. The Balaban J connectivity index is 1.79. The predicted octanol–water partition coefficient (Wildman–Crippen LogP) is 4.90. The molecule has 0 aliphatic carbocycles. The first kappa shape index (κ1) is 26.1. The lowest BCUT2D eigenvalue weighted by molar-refractivity contribution is 0.0690. The number of hydrogen-bond donors (Lipinski definition) is 3. The molecule has 0 unspecified atom stereocenters. The molecule has 194 valence electrons. The van der Waals surface area contributed by atoms with Crippen molar-refractivity contribution in [3.8, 4) is 11.1 Å². The van der Waals surface area contributed by atoms with Crippen LogP contribution in [-0.4, -0.2) is 67.2 Å². The predicted molar refractivity (Wildman–Crippen MR) is 148 cm³/mol. The summed E-state index contributed by atoms with van der Waals surface area (Å²) in [7, 11) is 3.60. The van der Waals surface area contributed by atoms with Gasteiger partial charge in [0.05, 0.1) is 6.61 Å². The van der Waals surface area contributed by atoms with Crippen molar-refractivity contribution < 1.29 is 14.6 Å². The van der Waals surface area contributed by atoms with Crippen LogP contribution in [-0.2, 0) is 4.74 Å². The number of nitrogens with zero attached hydrogens (tertiary/aromatic N) is 4. The Labute approximate surface area is 217 Å². The number of carbonyl (C=O) groups is 1. The molecule has 1 fully saturated rings. The maximum absolute atomic E-state index is 12.1. The summed E-state index contributed by atoms with van der Waals surface area (Å²) in [5.74, 6) is -0.118. The lowest BCUT2D eigenvalue weighted by atomic mass is 9.92. The lowest BCUT2D eigenvalue weighted by Crippen LogP contribution is -2.36. The van der Waals surface area contributed by atoms with Gasteiger partial charge in [0.25, 0.3) is 0 Å². The summed E-state index contributed by atoms with van der Waals surface area (Å²) in [6.07, 6.45) is 2.89. The first-order valence-corrected chi connectivity index (χ1v) is 12.4. The number of carboxylic acid groups (broad SMARTS) is 1. The molecule has 4 rings (SSSR count). The molecule has 0 atom stereocenters. The number of aromatic nitrogens is 2. The van der Waals surface area contributed by atoms with Gasteiger partial charge in [-0.3, -0.25) is 0 Å². The number of methoxy groups -OCH3 is 1. The van der Waals surface area contributed by atoms with Crippen LogP contribution in [0.15, 0.2) is 48.7 Å². The Morgan fingerprint density at radius 1 is 1.24 bits per heavy atom. The smallest absolute Gasteiger partial charge is 0.354 e. The zero-order valence-corrected chi connectivity index (χ0v) is 21.8. The fourth-order valence-corrected chi connectivity index (χ4v) is 4.14. The quantitative estimate of drug-likeness (QED) is 0.317. The Morgan fingerprint density at radius 2 is 2.03 bits per heavy atom. The van der Waals surface area contributed by atoms with Crippen LogP contribution in [0.25, 0.3) is 11.1 Å². The van der Waals surface area contributed by atoms with Gasteiger partial charge in [-0.05, 0) is 54.3 Å². The van der Waals surface area contributed by atoms with E-state index in [2.05, 4.69) is 26.3 Å². The van der Waals surface area contributed by atoms with E-state index in [1.165, 1.54) is 12.5 Å². The van der Waals surface area contributed by atoms with Crippen LogP contribution in [0.3, 0.4) is 0 Å². The van der Waals surface area contributed by atoms with E-state index in [9.17, 15) is 9.90 Å². The van der Waals surface area contributed by atoms with Crippen molar-refractivity contribution in [1.29, 1.82) is 5.41 Å². The largest absolute Gasteiger partial charge is 0.477 e. The van der Waals surface area contributed by atoms with Crippen LogP contribution in [0.1, 0.15) is 36.3 Å². The number of likely N-dealkylation sites (N-methyl/N-ethyl adjacent to an activating group) is 1. The van der Waals surface area contributed by atoms with Gasteiger partial charge in [0.1, 0.15) is 11.6 Å². The van der Waals surface area contributed by atoms with Crippen LogP contribution >= 0.6 is 0 Å². The Kier molecular flexibility index (Phi) is 8.03. The van der Waals surface area contributed by atoms with Crippen molar-refractivity contribution >= 4 is 34.7 Å². The monoisotopic (exact) mass is 502 g/mol. The molecular weight excluding hydrogens is 468 g/mol. The van der Waals surface area contributed by atoms with Crippen LogP contribution in [0.4, 0.5) is 23.0 Å². The van der Waals surface area contributed by atoms with Crippen molar-refractivity contribution in [3.05, 3.63) is 59.9 Å². The fourth-order valence-electron chi connectivity index (χ4n) is 4.14. The Morgan fingerprint density at radius 3 is 2.62 bits per heavy atom. The molecule has 9 nitrogen and oxygen atoms in total. The second-order valence-corrected chi connectivity index (χ2v) is 9.49. The molecule has 1 aliphatic rings. The second kappa shape index (κ2) is 11.4. The maximum atomic E-state index is 12.1. The number of ether oxygens (including phenoxy) is 1. The van der Waals surface area contributed by atoms with E-state index in [4.69, 9.17) is 10.1 Å². The number of nitrogens with one attached hydrogen (secondary N) is 2. The highest BCUT2D eigenvalue weighted by Gasteiger charge is 2.23. The number of hydrogen-bond acceptors (Lipinski definition) is 8. The third kappa shape index (κ3) is 5.89. The summed E-state index contributed by atoms with van der Waals surface area (Å²) in [5.41, 5.74) is 4.04. The van der Waals surface area contributed by atoms with Crippen molar-refractivity contribution in [1.82, 2.24) is 9.97 Å². The first-order chi connectivity index (χ1) is 17.8. The van der Waals surface area contributed by atoms with Crippen molar-refractivity contribution in [3.63, 3.8) is 0 Å². The minimum Gasteiger partial charge on any atom is -0.477 e. The van der Waals surface area contributed by atoms with Gasteiger partial charge in [-0.15, -0.1) is 0 Å². The Hall–Kier alpha value is -3.98. The van der Waals surface area contributed by atoms with E-state index in [1.54, 1.807) is 13.3 Å². The van der Waals surface area contributed by atoms with Crippen molar-refractivity contribution in [2.75, 3.05) is 55.5 Å². The van der Waals surface area contributed by atoms with Gasteiger partial charge in [-0.2, -0.15) is 0 Å². The average Bonchev–Trinajstić information content (AvgIpc) is 2.85. The highest BCUT2D eigenvalue weighted by molar-refractivity contribution is 6.10. The molecular formula is C28H34N6O3. The molecule has 0 radical (unpaired) electrons. The average molecular weight is 503 g/mol. The number of pyridine rings is 2. The third-order valence-electron chi connectivity index (χ3n) is 6.50. The maximum Gasteiger partial charge on any atom is 0.354 e. The summed E-state index contributed by atoms with van der Waals surface area (Å²) in [4.78, 5) is 25.4. The highest BCUT2D eigenvalue weighted by Crippen LogP contribution is 2.34. The van der Waals surface area contributed by atoms with Gasteiger partial charge in [-0.25, -0.2) is 14.8 Å². The topological polar surface area (TPSA) is 115 Å². The van der Waals surface area contributed by atoms with E-state index in [0.29, 0.717) is 41.4 Å². The number of rotatable bonds is 11. The van der Waals surface area contributed by atoms with E-state index < -0.39 is 5.97 Å². The summed E-state index contributed by atoms with van der Waals surface area (Å²) in [6.45, 7) is 7.20. The normalized spacial score (nSPS) is 12.8. The molecule has 0 amide bonds. The van der Waals surface area contributed by atoms with E-state index >= 15 is 0 Å². The molecule has 2 aromatic heterocycles. The Bertz CT molecular complexity index is 1270. The summed E-state index contributed by atoms with van der Waals surface area (Å²) < 4.78 is 5.15. The minimum atomic E-state index is -1.13. The third-order valence-corrected chi connectivity index (χ3v) is 6.50. The van der Waals surface area contributed by atoms with Crippen molar-refractivity contribution in [2.24, 2.45) is 5.92 Å². The van der Waals surface area contributed by atoms with Gasteiger partial charge < -0.3 is 30.4 Å². The highest BCUT2D eigenvalue weighted by atomic mass is 16.5. The zero-order chi connectivity index (χ0) is 26.5. The summed E-state index contributed by atoms with van der Waals surface area (Å²) >= 11 is 0. The van der Waals surface area contributed by atoms with Gasteiger partial charge in [-0.1, -0.05) is 19.9 Å². The molecule has 9 heteroatoms. The molecule has 0 saturated carbocycles. The number of anilines is 4. The van der Waals surface area contributed by atoms with Gasteiger partial charge in [0.15, 0.2) is 5.69 Å². The molecule has 3 N–H and O–H groups in total. The van der Waals surface area contributed by atoms with Crippen LogP contribution < -0.4 is 15.1 Å². The van der Waals surface area contributed by atoms with Crippen LogP contribution in [0, 0.1) is 11.3 Å². The number of carboxylic acids is 1. The summed E-state index contributed by atoms with van der Waals surface area (Å²) in [5, 5.41) is 22.1. The second-order valence-electron chi connectivity index (χ2n) is 9.49. The molecule has 1 saturated heterocycles. The van der Waals surface area contributed by atoms with Gasteiger partial charge >= 0.3 is 5.97 Å². The standard InChI is InChI=1S/C28H34N6O3/c1-18(2)26(29)25-22(19-9-10-24(30-17-19)33(3)13-14-37-4)16-23(28(35)36)32-27(25)31-20-7-5-8-21(15-20)34-11-6-12-34/h5,7-10,15-18,29H,6,11-14H2,1-4H3,(H,31,32)(H,35,36). The minimum absolute atomic E-state index is 0.0991. The number of aromatic carboxylic acids is 1. The van der Waals surface area contributed by atoms with Crippen LogP contribution in [0.2, 0.25) is 0 Å². The van der Waals surface area contributed by atoms with Crippen molar-refractivity contribution in [2.45, 2.75) is 20.3 Å². The molecule has 37 heavy (non-hydrogen) atoms. The number of benzene rings is 1. The lowest BCUT2D eigenvalue weighted by Gasteiger charge is -2.33. The zero-order valence-electron chi connectivity index (χ0n) is 21.8. The molecule has 1 aliphatic heterocycles. The molecule has 0 bridgehead atoms. The molecule has 0 spiro atoms. The van der Waals surface area contributed by atoms with E-state index in [-0.39, 0.29) is 11.6 Å². The molecule has 3 aromatic rings. The van der Waals surface area contributed by atoms with E-state index in [0.717, 1.165) is 30.3 Å². The van der Waals surface area contributed by atoms with Gasteiger partial charge in [0.2, 0.25) is 0 Å². The fraction of sp³-hybridized carbons (Fsp3) is 0.357. The van der Waals surface area contributed by atoms with Gasteiger partial charge in [0, 0.05) is 68.2 Å². The SMILES string of the molecule is COCCN(C)c1ccc(-c2cc(C(=O)O)nc(Nc3cccc(N4CCC4)c3)c2C(=N)C(C)C)cn1. The van der Waals surface area contributed by atoms with Crippen LogP contribution in [0.5, 0.6) is 0 Å². The molecule has 1 aromatic carbocycles. The van der Waals surface area contributed by atoms with E-state index in [1.807, 2.05) is 56.1 Å².